The van der Waals surface area contributed by atoms with Crippen LogP contribution in [0.3, 0.4) is 0 Å². The molecule has 0 aliphatic carbocycles. The highest BCUT2D eigenvalue weighted by Crippen LogP contribution is 2.29. The molecule has 1 heterocycles. The lowest BCUT2D eigenvalue weighted by Gasteiger charge is -2.29. The summed E-state index contributed by atoms with van der Waals surface area (Å²) in [4.78, 5) is 24.5. The number of hydrogen-bond acceptors (Lipinski definition) is 4. The van der Waals surface area contributed by atoms with Crippen molar-refractivity contribution in [3.63, 3.8) is 0 Å². The molecular formula is C14H17ClN2O3. The monoisotopic (exact) mass is 296 g/mol. The molecule has 1 saturated heterocycles. The molecule has 5 nitrogen and oxygen atoms in total. The van der Waals surface area contributed by atoms with Gasteiger partial charge in [0, 0.05) is 18.8 Å². The van der Waals surface area contributed by atoms with E-state index in [9.17, 15) is 9.59 Å². The number of hydrogen-bond donors (Lipinski definition) is 1. The summed E-state index contributed by atoms with van der Waals surface area (Å²) in [5.41, 5.74) is 1.53. The molecule has 6 heteroatoms. The topological polar surface area (TPSA) is 58.6 Å². The first kappa shape index (κ1) is 14.8. The number of ether oxygens (including phenoxy) is 1. The smallest absolute Gasteiger partial charge is 0.231 e. The van der Waals surface area contributed by atoms with Crippen molar-refractivity contribution >= 4 is 34.7 Å². The van der Waals surface area contributed by atoms with Gasteiger partial charge in [-0.25, -0.2) is 0 Å². The minimum Gasteiger partial charge on any atom is -0.378 e. The standard InChI is InChI=1S/C14H17ClN2O3/c1-10(18)8-14(19)16-11-2-3-13(12(15)9-11)17-4-6-20-7-5-17/h2-3,9H,4-8H2,1H3,(H,16,19). The second-order valence-corrected chi connectivity index (χ2v) is 5.10. The van der Waals surface area contributed by atoms with Crippen LogP contribution in [0.2, 0.25) is 5.02 Å². The molecule has 0 aromatic heterocycles. The lowest BCUT2D eigenvalue weighted by Crippen LogP contribution is -2.36. The predicted octanol–water partition coefficient (Wildman–Crippen LogP) is 2.09. The van der Waals surface area contributed by atoms with Gasteiger partial charge in [-0.1, -0.05) is 11.6 Å². The number of halogens is 1. The number of nitrogens with zero attached hydrogens (tertiary/aromatic N) is 1. The predicted molar refractivity (Wildman–Crippen MR) is 78.4 cm³/mol. The Morgan fingerprint density at radius 1 is 1.35 bits per heavy atom. The van der Waals surface area contributed by atoms with Crippen LogP contribution in [0.5, 0.6) is 0 Å². The highest BCUT2D eigenvalue weighted by molar-refractivity contribution is 6.33. The minimum absolute atomic E-state index is 0.122. The van der Waals surface area contributed by atoms with Gasteiger partial charge in [0.1, 0.15) is 5.78 Å². The number of benzene rings is 1. The summed E-state index contributed by atoms with van der Waals surface area (Å²) >= 11 is 6.25. The first-order valence-electron chi connectivity index (χ1n) is 6.48. The maximum absolute atomic E-state index is 11.5. The molecule has 1 amide bonds. The molecule has 2 rings (SSSR count). The van der Waals surface area contributed by atoms with E-state index in [1.807, 2.05) is 6.07 Å². The van der Waals surface area contributed by atoms with Crippen LogP contribution in [0.25, 0.3) is 0 Å². The highest BCUT2D eigenvalue weighted by atomic mass is 35.5. The van der Waals surface area contributed by atoms with Gasteiger partial charge in [-0.05, 0) is 25.1 Å². The molecule has 0 radical (unpaired) electrons. The second-order valence-electron chi connectivity index (χ2n) is 4.69. The number of ketones is 1. The van der Waals surface area contributed by atoms with Crippen LogP contribution in [-0.2, 0) is 14.3 Å². The third-order valence-electron chi connectivity index (χ3n) is 2.99. The Morgan fingerprint density at radius 3 is 2.65 bits per heavy atom. The number of amides is 1. The molecule has 1 fully saturated rings. The normalized spacial score (nSPS) is 15.0. The molecular weight excluding hydrogens is 280 g/mol. The summed E-state index contributed by atoms with van der Waals surface area (Å²) in [5, 5.41) is 3.23. The summed E-state index contributed by atoms with van der Waals surface area (Å²) in [6, 6.07) is 5.36. The van der Waals surface area contributed by atoms with Crippen molar-refractivity contribution in [3.8, 4) is 0 Å². The van der Waals surface area contributed by atoms with Crippen molar-refractivity contribution in [2.45, 2.75) is 13.3 Å². The van der Waals surface area contributed by atoms with Gasteiger partial charge in [0.05, 0.1) is 30.3 Å². The number of rotatable bonds is 4. The van der Waals surface area contributed by atoms with Crippen molar-refractivity contribution in [1.82, 2.24) is 0 Å². The van der Waals surface area contributed by atoms with E-state index in [1.54, 1.807) is 12.1 Å². The second kappa shape index (κ2) is 6.72. The zero-order chi connectivity index (χ0) is 14.5. The van der Waals surface area contributed by atoms with Gasteiger partial charge in [-0.2, -0.15) is 0 Å². The zero-order valence-corrected chi connectivity index (χ0v) is 12.1. The molecule has 20 heavy (non-hydrogen) atoms. The first-order chi connectivity index (χ1) is 9.56. The molecule has 0 unspecified atom stereocenters. The van der Waals surface area contributed by atoms with E-state index in [4.69, 9.17) is 16.3 Å². The van der Waals surface area contributed by atoms with Crippen molar-refractivity contribution < 1.29 is 14.3 Å². The lowest BCUT2D eigenvalue weighted by atomic mass is 10.2. The van der Waals surface area contributed by atoms with E-state index >= 15 is 0 Å². The summed E-state index contributed by atoms with van der Waals surface area (Å²) in [6.45, 7) is 4.36. The Labute approximate surface area is 122 Å². The Balaban J connectivity index is 2.05. The molecule has 0 atom stereocenters. The number of anilines is 2. The van der Waals surface area contributed by atoms with Crippen molar-refractivity contribution in [2.24, 2.45) is 0 Å². The van der Waals surface area contributed by atoms with Gasteiger partial charge < -0.3 is 15.0 Å². The number of carbonyl (C=O) groups excluding carboxylic acids is 2. The third-order valence-corrected chi connectivity index (χ3v) is 3.30. The largest absolute Gasteiger partial charge is 0.378 e. The molecule has 1 N–H and O–H groups in total. The SMILES string of the molecule is CC(=O)CC(=O)Nc1ccc(N2CCOCC2)c(Cl)c1. The number of morpholine rings is 1. The summed E-state index contributed by atoms with van der Waals surface area (Å²) < 4.78 is 5.30. The van der Waals surface area contributed by atoms with E-state index in [1.165, 1.54) is 6.92 Å². The van der Waals surface area contributed by atoms with Gasteiger partial charge in [0.25, 0.3) is 0 Å². The fourth-order valence-corrected chi connectivity index (χ4v) is 2.38. The van der Waals surface area contributed by atoms with E-state index in [0.717, 1.165) is 18.8 Å². The maximum Gasteiger partial charge on any atom is 0.231 e. The van der Waals surface area contributed by atoms with Crippen molar-refractivity contribution in [1.29, 1.82) is 0 Å². The summed E-state index contributed by atoms with van der Waals surface area (Å²) in [6.07, 6.45) is -0.122. The molecule has 108 valence electrons. The van der Waals surface area contributed by atoms with Crippen molar-refractivity contribution in [3.05, 3.63) is 23.2 Å². The Hall–Kier alpha value is -1.59. The Morgan fingerprint density at radius 2 is 2.05 bits per heavy atom. The molecule has 1 aromatic carbocycles. The van der Waals surface area contributed by atoms with Gasteiger partial charge in [-0.3, -0.25) is 9.59 Å². The zero-order valence-electron chi connectivity index (χ0n) is 11.3. The van der Waals surface area contributed by atoms with E-state index in [-0.39, 0.29) is 18.1 Å². The fourth-order valence-electron chi connectivity index (χ4n) is 2.08. The quantitative estimate of drug-likeness (QED) is 0.865. The minimum atomic E-state index is -0.326. The van der Waals surface area contributed by atoms with Crippen LogP contribution < -0.4 is 10.2 Å². The van der Waals surface area contributed by atoms with E-state index < -0.39 is 0 Å². The van der Waals surface area contributed by atoms with Crippen LogP contribution in [-0.4, -0.2) is 38.0 Å². The molecule has 0 bridgehead atoms. The van der Waals surface area contributed by atoms with Crippen LogP contribution >= 0.6 is 11.6 Å². The van der Waals surface area contributed by atoms with Gasteiger partial charge in [0.2, 0.25) is 5.91 Å². The average Bonchev–Trinajstić information content (AvgIpc) is 2.38. The van der Waals surface area contributed by atoms with E-state index in [0.29, 0.717) is 23.9 Å². The average molecular weight is 297 g/mol. The first-order valence-corrected chi connectivity index (χ1v) is 6.85. The van der Waals surface area contributed by atoms with Crippen molar-refractivity contribution in [2.75, 3.05) is 36.5 Å². The fraction of sp³-hybridized carbons (Fsp3) is 0.429. The van der Waals surface area contributed by atoms with Crippen LogP contribution in [0.1, 0.15) is 13.3 Å². The molecule has 0 spiro atoms. The van der Waals surface area contributed by atoms with Crippen LogP contribution in [0, 0.1) is 0 Å². The lowest BCUT2D eigenvalue weighted by molar-refractivity contribution is -0.124. The van der Waals surface area contributed by atoms with Gasteiger partial charge in [0.15, 0.2) is 0 Å². The number of nitrogens with one attached hydrogen (secondary N) is 1. The van der Waals surface area contributed by atoms with Crippen LogP contribution in [0.4, 0.5) is 11.4 Å². The highest BCUT2D eigenvalue weighted by Gasteiger charge is 2.15. The Bertz CT molecular complexity index is 513. The van der Waals surface area contributed by atoms with Gasteiger partial charge >= 0.3 is 0 Å². The van der Waals surface area contributed by atoms with Gasteiger partial charge in [-0.15, -0.1) is 0 Å². The van der Waals surface area contributed by atoms with Crippen LogP contribution in [0.15, 0.2) is 18.2 Å². The molecule has 1 aliphatic rings. The molecule has 0 saturated carbocycles. The molecule has 1 aliphatic heterocycles. The summed E-state index contributed by atoms with van der Waals surface area (Å²) in [5.74, 6) is -0.494. The maximum atomic E-state index is 11.5. The Kier molecular flexibility index (Phi) is 4.98. The molecule has 1 aromatic rings. The summed E-state index contributed by atoms with van der Waals surface area (Å²) in [7, 11) is 0. The van der Waals surface area contributed by atoms with E-state index in [2.05, 4.69) is 10.2 Å². The number of Topliss-reactive ketones (excluding diaryl/α,β-unsaturated/α-hetero) is 1. The third kappa shape index (κ3) is 3.95. The number of carbonyl (C=O) groups is 2.